The van der Waals surface area contributed by atoms with Crippen molar-refractivity contribution < 1.29 is 4.42 Å². The van der Waals surface area contributed by atoms with Gasteiger partial charge in [0.25, 0.3) is 0 Å². The molecule has 3 nitrogen and oxygen atoms in total. The first kappa shape index (κ1) is 21.5. The van der Waals surface area contributed by atoms with Crippen molar-refractivity contribution in [3.05, 3.63) is 103 Å². The van der Waals surface area contributed by atoms with E-state index in [2.05, 4.69) is 80.3 Å². The van der Waals surface area contributed by atoms with Gasteiger partial charge in [0, 0.05) is 28.3 Å². The van der Waals surface area contributed by atoms with Gasteiger partial charge < -0.3 is 4.42 Å². The van der Waals surface area contributed by atoms with Gasteiger partial charge in [-0.2, -0.15) is 0 Å². The maximum absolute atomic E-state index is 6.34. The number of rotatable bonds is 4. The average Bonchev–Trinajstić information content (AvgIpc) is 3.32. The second-order valence-electron chi connectivity index (χ2n) is 9.97. The minimum Gasteiger partial charge on any atom is -0.435 e. The molecule has 0 radical (unpaired) electrons. The highest BCUT2D eigenvalue weighted by atomic mass is 28.3. The molecule has 0 spiro atoms. The molecule has 0 aliphatic carbocycles. The fourth-order valence-corrected chi connectivity index (χ4v) is 5.75. The van der Waals surface area contributed by atoms with E-state index < -0.39 is 8.07 Å². The maximum atomic E-state index is 6.34. The standard InChI is InChI=1S/C31H26N2OSi/c1-35(2,3)25-14-15-26-23(18-25)16-17-32-29(26)24-19-27(21-10-6-4-7-11-21)30-28(20-24)33-31(34-30)22-12-8-5-9-13-22/h4-20H,1-3H3. The van der Waals surface area contributed by atoms with Gasteiger partial charge in [0.15, 0.2) is 5.58 Å². The molecule has 4 heteroatoms. The number of fused-ring (bicyclic) bond motifs is 2. The summed E-state index contributed by atoms with van der Waals surface area (Å²) in [7, 11) is -1.41. The van der Waals surface area contributed by atoms with E-state index in [1.165, 1.54) is 10.6 Å². The van der Waals surface area contributed by atoms with E-state index in [0.717, 1.165) is 44.4 Å². The first-order valence-electron chi connectivity index (χ1n) is 11.9. The fraction of sp³-hybridized carbons (Fsp3) is 0.0968. The van der Waals surface area contributed by atoms with Gasteiger partial charge in [0.05, 0.1) is 13.8 Å². The van der Waals surface area contributed by atoms with Gasteiger partial charge in [-0.1, -0.05) is 91.6 Å². The lowest BCUT2D eigenvalue weighted by Crippen LogP contribution is -2.37. The highest BCUT2D eigenvalue weighted by Crippen LogP contribution is 2.37. The number of hydrogen-bond acceptors (Lipinski definition) is 3. The first-order valence-corrected chi connectivity index (χ1v) is 15.4. The summed E-state index contributed by atoms with van der Waals surface area (Å²) in [5.74, 6) is 0.626. The molecule has 6 aromatic rings. The topological polar surface area (TPSA) is 38.9 Å². The Morgan fingerprint density at radius 3 is 2.11 bits per heavy atom. The van der Waals surface area contributed by atoms with Crippen molar-refractivity contribution in [1.82, 2.24) is 9.97 Å². The van der Waals surface area contributed by atoms with Crippen LogP contribution in [0.1, 0.15) is 0 Å². The number of oxazole rings is 1. The van der Waals surface area contributed by atoms with Crippen molar-refractivity contribution in [2.45, 2.75) is 19.6 Å². The van der Waals surface area contributed by atoms with E-state index in [0.29, 0.717) is 5.89 Å². The smallest absolute Gasteiger partial charge is 0.227 e. The minimum absolute atomic E-state index is 0.626. The lowest BCUT2D eigenvalue weighted by Gasteiger charge is -2.17. The van der Waals surface area contributed by atoms with Crippen LogP contribution in [0.25, 0.3) is 55.7 Å². The molecular formula is C31H26N2OSi. The van der Waals surface area contributed by atoms with Gasteiger partial charge in [-0.05, 0) is 41.3 Å². The van der Waals surface area contributed by atoms with E-state index >= 15 is 0 Å². The van der Waals surface area contributed by atoms with Crippen molar-refractivity contribution in [3.8, 4) is 33.8 Å². The number of pyridine rings is 1. The van der Waals surface area contributed by atoms with Crippen LogP contribution in [0.4, 0.5) is 0 Å². The Bertz CT molecular complexity index is 1670. The Balaban J connectivity index is 1.60. The van der Waals surface area contributed by atoms with Gasteiger partial charge >= 0.3 is 0 Å². The van der Waals surface area contributed by atoms with Gasteiger partial charge in [0.2, 0.25) is 5.89 Å². The lowest BCUT2D eigenvalue weighted by molar-refractivity contribution is 0.621. The van der Waals surface area contributed by atoms with Crippen molar-refractivity contribution in [2.24, 2.45) is 0 Å². The molecule has 0 fully saturated rings. The largest absolute Gasteiger partial charge is 0.435 e. The highest BCUT2D eigenvalue weighted by Gasteiger charge is 2.19. The molecule has 2 aromatic heterocycles. The molecule has 0 saturated heterocycles. The zero-order valence-electron chi connectivity index (χ0n) is 20.1. The van der Waals surface area contributed by atoms with Gasteiger partial charge in [-0.25, -0.2) is 4.98 Å². The van der Waals surface area contributed by atoms with Crippen LogP contribution in [0.5, 0.6) is 0 Å². The average molecular weight is 471 g/mol. The summed E-state index contributed by atoms with van der Waals surface area (Å²) in [6.45, 7) is 7.14. The SMILES string of the molecule is C[Si](C)(C)c1ccc2c(-c3cc(-c4ccccc4)c4oc(-c5ccccc5)nc4c3)nccc2c1. The van der Waals surface area contributed by atoms with E-state index in [1.807, 2.05) is 42.6 Å². The molecule has 0 bridgehead atoms. The zero-order valence-corrected chi connectivity index (χ0v) is 21.1. The van der Waals surface area contributed by atoms with Crippen LogP contribution in [-0.2, 0) is 0 Å². The second kappa shape index (κ2) is 8.33. The molecular weight excluding hydrogens is 444 g/mol. The number of nitrogens with zero attached hydrogens (tertiary/aromatic N) is 2. The van der Waals surface area contributed by atoms with Crippen LogP contribution in [0.3, 0.4) is 0 Å². The van der Waals surface area contributed by atoms with Crippen LogP contribution in [0.2, 0.25) is 19.6 Å². The van der Waals surface area contributed by atoms with E-state index in [1.54, 1.807) is 0 Å². The third-order valence-electron chi connectivity index (χ3n) is 6.50. The van der Waals surface area contributed by atoms with E-state index in [4.69, 9.17) is 14.4 Å². The predicted molar refractivity (Wildman–Crippen MR) is 149 cm³/mol. The van der Waals surface area contributed by atoms with Crippen molar-refractivity contribution in [1.29, 1.82) is 0 Å². The van der Waals surface area contributed by atoms with Crippen LogP contribution < -0.4 is 5.19 Å². The zero-order chi connectivity index (χ0) is 24.0. The molecule has 0 saturated carbocycles. The maximum Gasteiger partial charge on any atom is 0.227 e. The van der Waals surface area contributed by atoms with Crippen LogP contribution in [-0.4, -0.2) is 18.0 Å². The Labute approximate surface area is 206 Å². The van der Waals surface area contributed by atoms with Crippen LogP contribution in [0, 0.1) is 0 Å². The molecule has 170 valence electrons. The number of benzene rings is 4. The minimum atomic E-state index is -1.41. The molecule has 2 heterocycles. The van der Waals surface area contributed by atoms with E-state index in [-0.39, 0.29) is 0 Å². The van der Waals surface area contributed by atoms with Crippen LogP contribution in [0.15, 0.2) is 108 Å². The van der Waals surface area contributed by atoms with Gasteiger partial charge in [0.1, 0.15) is 5.52 Å². The molecule has 0 unspecified atom stereocenters. The first-order chi connectivity index (χ1) is 17.0. The molecule has 0 atom stereocenters. The number of aromatic nitrogens is 2. The van der Waals surface area contributed by atoms with Gasteiger partial charge in [-0.15, -0.1) is 0 Å². The summed E-state index contributed by atoms with van der Waals surface area (Å²) in [6.07, 6.45) is 1.91. The Morgan fingerprint density at radius 1 is 0.686 bits per heavy atom. The third kappa shape index (κ3) is 3.96. The monoisotopic (exact) mass is 470 g/mol. The molecule has 35 heavy (non-hydrogen) atoms. The van der Waals surface area contributed by atoms with Crippen molar-refractivity contribution in [3.63, 3.8) is 0 Å². The molecule has 0 N–H and O–H groups in total. The predicted octanol–water partition coefficient (Wildman–Crippen LogP) is 7.92. The summed E-state index contributed by atoms with van der Waals surface area (Å²) in [5, 5.41) is 3.83. The fourth-order valence-electron chi connectivity index (χ4n) is 4.58. The van der Waals surface area contributed by atoms with Crippen molar-refractivity contribution in [2.75, 3.05) is 0 Å². The molecule has 0 aliphatic rings. The Hall–Kier alpha value is -4.02. The quantitative estimate of drug-likeness (QED) is 0.246. The lowest BCUT2D eigenvalue weighted by atomic mass is 9.98. The van der Waals surface area contributed by atoms with Crippen LogP contribution >= 0.6 is 0 Å². The second-order valence-corrected chi connectivity index (χ2v) is 15.0. The van der Waals surface area contributed by atoms with E-state index in [9.17, 15) is 0 Å². The molecule has 0 amide bonds. The Kier molecular flexibility index (Phi) is 5.12. The van der Waals surface area contributed by atoms with Crippen molar-refractivity contribution >= 4 is 35.1 Å². The molecule has 4 aromatic carbocycles. The highest BCUT2D eigenvalue weighted by molar-refractivity contribution is 6.88. The van der Waals surface area contributed by atoms with Gasteiger partial charge in [-0.3, -0.25) is 4.98 Å². The number of hydrogen-bond donors (Lipinski definition) is 0. The molecule has 6 rings (SSSR count). The summed E-state index contributed by atoms with van der Waals surface area (Å²) in [4.78, 5) is 9.72. The Morgan fingerprint density at radius 2 is 1.40 bits per heavy atom. The normalized spacial score (nSPS) is 11.9. The summed E-state index contributed by atoms with van der Waals surface area (Å²) >= 11 is 0. The summed E-state index contributed by atoms with van der Waals surface area (Å²) in [6, 6.07) is 33.7. The summed E-state index contributed by atoms with van der Waals surface area (Å²) < 4.78 is 6.34. The molecule has 0 aliphatic heterocycles. The summed E-state index contributed by atoms with van der Waals surface area (Å²) in [5.41, 5.74) is 6.70. The third-order valence-corrected chi connectivity index (χ3v) is 8.54.